The molecule has 3 aromatic rings. The Kier molecular flexibility index (Phi) is 5.44. The molecular weight excluding hydrogens is 372 g/mol. The standard InChI is InChI=1S/C19H17ClN2O3S/c1-11-17(18(23)22-13-6-9-16(25-3)15(20)10-13)26-19(21-11)12-4-7-14(24-2)8-5-12/h4-10H,1-3H3,(H,22,23). The molecule has 1 aromatic heterocycles. The molecule has 7 heteroatoms. The number of aryl methyl sites for hydroxylation is 1. The highest BCUT2D eigenvalue weighted by molar-refractivity contribution is 7.17. The summed E-state index contributed by atoms with van der Waals surface area (Å²) in [7, 11) is 3.16. The predicted molar refractivity (Wildman–Crippen MR) is 105 cm³/mol. The summed E-state index contributed by atoms with van der Waals surface area (Å²) in [5.41, 5.74) is 2.21. The molecule has 26 heavy (non-hydrogen) atoms. The molecule has 0 saturated carbocycles. The first-order valence-corrected chi connectivity index (χ1v) is 8.98. The Morgan fingerprint density at radius 2 is 1.85 bits per heavy atom. The van der Waals surface area contributed by atoms with Gasteiger partial charge in [0.2, 0.25) is 0 Å². The average Bonchev–Trinajstić information content (AvgIpc) is 3.04. The van der Waals surface area contributed by atoms with Crippen LogP contribution in [0.4, 0.5) is 5.69 Å². The summed E-state index contributed by atoms with van der Waals surface area (Å²) in [6, 6.07) is 12.7. The van der Waals surface area contributed by atoms with Crippen LogP contribution in [0.15, 0.2) is 42.5 Å². The zero-order chi connectivity index (χ0) is 18.7. The third kappa shape index (κ3) is 3.81. The van der Waals surface area contributed by atoms with E-state index in [1.807, 2.05) is 31.2 Å². The number of carbonyl (C=O) groups excluding carboxylic acids is 1. The highest BCUT2D eigenvalue weighted by Gasteiger charge is 2.17. The summed E-state index contributed by atoms with van der Waals surface area (Å²) in [5.74, 6) is 1.11. The highest BCUT2D eigenvalue weighted by atomic mass is 35.5. The number of nitrogens with zero attached hydrogens (tertiary/aromatic N) is 1. The van der Waals surface area contributed by atoms with Crippen molar-refractivity contribution in [2.24, 2.45) is 0 Å². The molecule has 134 valence electrons. The number of aromatic nitrogens is 1. The van der Waals surface area contributed by atoms with Gasteiger partial charge in [0.15, 0.2) is 0 Å². The molecule has 0 fully saturated rings. The fourth-order valence-electron chi connectivity index (χ4n) is 2.40. The van der Waals surface area contributed by atoms with E-state index in [9.17, 15) is 4.79 Å². The van der Waals surface area contributed by atoms with Crippen molar-refractivity contribution in [2.75, 3.05) is 19.5 Å². The quantitative estimate of drug-likeness (QED) is 0.665. The minimum Gasteiger partial charge on any atom is -0.497 e. The van der Waals surface area contributed by atoms with Crippen molar-refractivity contribution in [2.45, 2.75) is 6.92 Å². The Labute approximate surface area is 160 Å². The van der Waals surface area contributed by atoms with Crippen LogP contribution in [0, 0.1) is 6.92 Å². The molecule has 0 aliphatic carbocycles. The van der Waals surface area contributed by atoms with Gasteiger partial charge in [0.1, 0.15) is 21.4 Å². The number of anilines is 1. The lowest BCUT2D eigenvalue weighted by molar-refractivity contribution is 0.103. The average molecular weight is 389 g/mol. The van der Waals surface area contributed by atoms with Crippen LogP contribution in [-0.2, 0) is 0 Å². The zero-order valence-electron chi connectivity index (χ0n) is 14.5. The number of benzene rings is 2. The van der Waals surface area contributed by atoms with Crippen LogP contribution in [0.25, 0.3) is 10.6 Å². The number of hydrogen-bond donors (Lipinski definition) is 1. The number of amides is 1. The largest absolute Gasteiger partial charge is 0.497 e. The van der Waals surface area contributed by atoms with E-state index in [2.05, 4.69) is 10.3 Å². The molecule has 1 amide bonds. The third-order valence-corrected chi connectivity index (χ3v) is 5.25. The molecule has 0 radical (unpaired) electrons. The summed E-state index contributed by atoms with van der Waals surface area (Å²) >= 11 is 7.45. The minimum atomic E-state index is -0.221. The molecule has 0 aliphatic heterocycles. The van der Waals surface area contributed by atoms with Gasteiger partial charge in [0.25, 0.3) is 5.91 Å². The Bertz CT molecular complexity index is 938. The van der Waals surface area contributed by atoms with Gasteiger partial charge >= 0.3 is 0 Å². The van der Waals surface area contributed by atoms with Crippen LogP contribution in [-0.4, -0.2) is 25.1 Å². The van der Waals surface area contributed by atoms with Gasteiger partial charge in [0, 0.05) is 11.3 Å². The Morgan fingerprint density at radius 1 is 1.12 bits per heavy atom. The highest BCUT2D eigenvalue weighted by Crippen LogP contribution is 2.31. The molecule has 0 spiro atoms. The van der Waals surface area contributed by atoms with Gasteiger partial charge in [-0.05, 0) is 49.4 Å². The Hall–Kier alpha value is -2.57. The van der Waals surface area contributed by atoms with Crippen molar-refractivity contribution >= 4 is 34.5 Å². The summed E-state index contributed by atoms with van der Waals surface area (Å²) in [6.07, 6.45) is 0. The zero-order valence-corrected chi connectivity index (χ0v) is 16.1. The van der Waals surface area contributed by atoms with Gasteiger partial charge in [-0.15, -0.1) is 11.3 Å². The van der Waals surface area contributed by atoms with Gasteiger partial charge in [-0.3, -0.25) is 4.79 Å². The molecular formula is C19H17ClN2O3S. The van der Waals surface area contributed by atoms with Crippen molar-refractivity contribution < 1.29 is 14.3 Å². The van der Waals surface area contributed by atoms with Gasteiger partial charge in [-0.1, -0.05) is 11.6 Å². The number of halogens is 1. The summed E-state index contributed by atoms with van der Waals surface area (Å²) in [4.78, 5) is 17.7. The monoisotopic (exact) mass is 388 g/mol. The number of thiazole rings is 1. The number of rotatable bonds is 5. The van der Waals surface area contributed by atoms with E-state index in [1.54, 1.807) is 32.4 Å². The van der Waals surface area contributed by atoms with Crippen molar-refractivity contribution in [3.8, 4) is 22.1 Å². The number of methoxy groups -OCH3 is 2. The normalized spacial score (nSPS) is 10.5. The minimum absolute atomic E-state index is 0.221. The molecule has 1 heterocycles. The van der Waals surface area contributed by atoms with Gasteiger partial charge in [-0.25, -0.2) is 4.98 Å². The Morgan fingerprint density at radius 3 is 2.46 bits per heavy atom. The molecule has 0 unspecified atom stereocenters. The van der Waals surface area contributed by atoms with Crippen LogP contribution >= 0.6 is 22.9 Å². The third-order valence-electron chi connectivity index (χ3n) is 3.75. The maximum atomic E-state index is 12.6. The first kappa shape index (κ1) is 18.2. The molecule has 3 rings (SSSR count). The number of hydrogen-bond acceptors (Lipinski definition) is 5. The van der Waals surface area contributed by atoms with Gasteiger partial charge in [0.05, 0.1) is 24.9 Å². The maximum Gasteiger partial charge on any atom is 0.267 e. The van der Waals surface area contributed by atoms with E-state index >= 15 is 0 Å². The van der Waals surface area contributed by atoms with Crippen molar-refractivity contribution in [3.05, 3.63) is 58.1 Å². The van der Waals surface area contributed by atoms with Crippen LogP contribution in [0.1, 0.15) is 15.4 Å². The van der Waals surface area contributed by atoms with Crippen molar-refractivity contribution in [1.29, 1.82) is 0 Å². The lowest BCUT2D eigenvalue weighted by Gasteiger charge is -2.07. The van der Waals surface area contributed by atoms with Crippen LogP contribution in [0.3, 0.4) is 0 Å². The van der Waals surface area contributed by atoms with Gasteiger partial charge in [-0.2, -0.15) is 0 Å². The SMILES string of the molecule is COc1ccc(-c2nc(C)c(C(=O)Nc3ccc(OC)c(Cl)c3)s2)cc1. The molecule has 0 aliphatic rings. The number of carbonyl (C=O) groups is 1. The molecule has 1 N–H and O–H groups in total. The molecule has 5 nitrogen and oxygen atoms in total. The van der Waals surface area contributed by atoms with Crippen LogP contribution < -0.4 is 14.8 Å². The molecule has 0 bridgehead atoms. The van der Waals surface area contributed by atoms with Crippen LogP contribution in [0.5, 0.6) is 11.5 Å². The van der Waals surface area contributed by atoms with E-state index < -0.39 is 0 Å². The van der Waals surface area contributed by atoms with Crippen molar-refractivity contribution in [3.63, 3.8) is 0 Å². The fourth-order valence-corrected chi connectivity index (χ4v) is 3.62. The Balaban J connectivity index is 1.81. The molecule has 2 aromatic carbocycles. The summed E-state index contributed by atoms with van der Waals surface area (Å²) in [5, 5.41) is 4.06. The first-order chi connectivity index (χ1) is 12.5. The maximum absolute atomic E-state index is 12.6. The smallest absolute Gasteiger partial charge is 0.267 e. The summed E-state index contributed by atoms with van der Waals surface area (Å²) in [6.45, 7) is 1.82. The van der Waals surface area contributed by atoms with E-state index in [1.165, 1.54) is 11.3 Å². The van der Waals surface area contributed by atoms with E-state index in [0.717, 1.165) is 16.3 Å². The summed E-state index contributed by atoms with van der Waals surface area (Å²) < 4.78 is 10.3. The second-order valence-corrected chi connectivity index (χ2v) is 6.87. The first-order valence-electron chi connectivity index (χ1n) is 7.78. The number of nitrogens with one attached hydrogen (secondary N) is 1. The van der Waals surface area contributed by atoms with E-state index in [0.29, 0.717) is 27.0 Å². The molecule has 0 saturated heterocycles. The molecule has 0 atom stereocenters. The van der Waals surface area contributed by atoms with Crippen molar-refractivity contribution in [1.82, 2.24) is 4.98 Å². The van der Waals surface area contributed by atoms with Crippen LogP contribution in [0.2, 0.25) is 5.02 Å². The number of ether oxygens (including phenoxy) is 2. The fraction of sp³-hybridized carbons (Fsp3) is 0.158. The van der Waals surface area contributed by atoms with E-state index in [-0.39, 0.29) is 5.91 Å². The van der Waals surface area contributed by atoms with Gasteiger partial charge < -0.3 is 14.8 Å². The second kappa shape index (κ2) is 7.76. The predicted octanol–water partition coefficient (Wildman–Crippen LogP) is 5.04. The topological polar surface area (TPSA) is 60.5 Å². The second-order valence-electron chi connectivity index (χ2n) is 5.47. The lowest BCUT2D eigenvalue weighted by atomic mass is 10.2. The lowest BCUT2D eigenvalue weighted by Crippen LogP contribution is -2.11. The van der Waals surface area contributed by atoms with E-state index in [4.69, 9.17) is 21.1 Å².